The molecular weight excluding hydrogens is 184 g/mol. The van der Waals surface area contributed by atoms with E-state index in [0.29, 0.717) is 6.10 Å². The van der Waals surface area contributed by atoms with Gasteiger partial charge in [0.25, 0.3) is 0 Å². The third kappa shape index (κ3) is 2.78. The lowest BCUT2D eigenvalue weighted by molar-refractivity contribution is 0.426. The van der Waals surface area contributed by atoms with Crippen LogP contribution in [-0.2, 0) is 16.9 Å². The van der Waals surface area contributed by atoms with E-state index in [1.54, 1.807) is 0 Å². The molecule has 0 unspecified atom stereocenters. The molecule has 2 heterocycles. The van der Waals surface area contributed by atoms with Gasteiger partial charge in [-0.1, -0.05) is 6.92 Å². The summed E-state index contributed by atoms with van der Waals surface area (Å²) < 4.78 is 10.7. The van der Waals surface area contributed by atoms with Crippen molar-refractivity contribution in [1.82, 2.24) is 0 Å². The molecule has 0 spiro atoms. The van der Waals surface area contributed by atoms with E-state index in [-0.39, 0.29) is 0 Å². The first kappa shape index (κ1) is 9.16. The minimum atomic E-state index is 0.519. The molecule has 0 saturated carbocycles. The molecule has 3 heteroatoms. The molecule has 2 nitrogen and oxygen atoms in total. The summed E-state index contributed by atoms with van der Waals surface area (Å²) >= 11 is 1.88. The molecule has 0 N–H and O–H groups in total. The summed E-state index contributed by atoms with van der Waals surface area (Å²) in [5.41, 5.74) is 0. The van der Waals surface area contributed by atoms with Gasteiger partial charge in [-0.3, -0.25) is 0 Å². The van der Waals surface area contributed by atoms with Crippen LogP contribution >= 0.6 is 11.8 Å². The minimum Gasteiger partial charge on any atom is -0.465 e. The maximum absolute atomic E-state index is 5.57. The van der Waals surface area contributed by atoms with Crippen molar-refractivity contribution in [2.75, 3.05) is 12.4 Å². The predicted octanol–water partition coefficient (Wildman–Crippen LogP) is 2.47. The maximum atomic E-state index is 5.57. The Morgan fingerprint density at radius 1 is 1.46 bits per heavy atom. The summed E-state index contributed by atoms with van der Waals surface area (Å²) in [6, 6.07) is 4.13. The van der Waals surface area contributed by atoms with Gasteiger partial charge in [-0.25, -0.2) is 0 Å². The van der Waals surface area contributed by atoms with E-state index in [4.69, 9.17) is 9.15 Å². The largest absolute Gasteiger partial charge is 0.465 e. The zero-order valence-electron chi connectivity index (χ0n) is 7.79. The number of ether oxygens (including phenoxy) is 1. The van der Waals surface area contributed by atoms with E-state index in [9.17, 15) is 0 Å². The van der Waals surface area contributed by atoms with Crippen molar-refractivity contribution in [2.24, 2.45) is 0 Å². The number of epoxide rings is 1. The topological polar surface area (TPSA) is 25.7 Å². The summed E-state index contributed by atoms with van der Waals surface area (Å²) in [6.07, 6.45) is 1.50. The second-order valence-corrected chi connectivity index (χ2v) is 4.22. The number of hydrogen-bond donors (Lipinski definition) is 0. The average molecular weight is 198 g/mol. The normalized spacial score (nSPS) is 20.5. The van der Waals surface area contributed by atoms with Crippen molar-refractivity contribution in [1.29, 1.82) is 0 Å². The molecule has 0 aromatic carbocycles. The van der Waals surface area contributed by atoms with Gasteiger partial charge >= 0.3 is 0 Å². The van der Waals surface area contributed by atoms with Gasteiger partial charge in [0.05, 0.1) is 18.5 Å². The van der Waals surface area contributed by atoms with Gasteiger partial charge in [-0.05, 0) is 12.1 Å². The van der Waals surface area contributed by atoms with Crippen molar-refractivity contribution in [2.45, 2.75) is 25.2 Å². The second kappa shape index (κ2) is 4.20. The van der Waals surface area contributed by atoms with Gasteiger partial charge in [-0.2, -0.15) is 11.8 Å². The van der Waals surface area contributed by atoms with Gasteiger partial charge in [-0.15, -0.1) is 0 Å². The van der Waals surface area contributed by atoms with Crippen molar-refractivity contribution in [3.8, 4) is 0 Å². The number of furan rings is 1. The quantitative estimate of drug-likeness (QED) is 0.680. The highest BCUT2D eigenvalue weighted by Gasteiger charge is 2.21. The monoisotopic (exact) mass is 198 g/mol. The molecule has 1 saturated heterocycles. The Balaban J connectivity index is 1.72. The van der Waals surface area contributed by atoms with Crippen LogP contribution in [0.1, 0.15) is 18.4 Å². The van der Waals surface area contributed by atoms with Crippen LogP contribution in [0.5, 0.6) is 0 Å². The van der Waals surface area contributed by atoms with E-state index < -0.39 is 0 Å². The first-order valence-corrected chi connectivity index (χ1v) is 5.81. The standard InChI is InChI=1S/C10H14O2S/c1-2-8-3-4-9(12-8)6-13-7-10-5-11-10/h3-4,10H,2,5-7H2,1H3/t10-/m0/s1. The van der Waals surface area contributed by atoms with E-state index in [2.05, 4.69) is 19.1 Å². The van der Waals surface area contributed by atoms with E-state index in [1.165, 1.54) is 0 Å². The highest BCUT2D eigenvalue weighted by atomic mass is 32.2. The third-order valence-electron chi connectivity index (χ3n) is 2.02. The van der Waals surface area contributed by atoms with E-state index in [1.807, 2.05) is 11.8 Å². The Morgan fingerprint density at radius 3 is 2.85 bits per heavy atom. The fraction of sp³-hybridized carbons (Fsp3) is 0.600. The number of aryl methyl sites for hydroxylation is 1. The van der Waals surface area contributed by atoms with E-state index in [0.717, 1.165) is 36.1 Å². The number of thioether (sulfide) groups is 1. The fourth-order valence-corrected chi connectivity index (χ4v) is 2.07. The lowest BCUT2D eigenvalue weighted by atomic mass is 10.4. The van der Waals surface area contributed by atoms with Crippen LogP contribution in [0.25, 0.3) is 0 Å². The molecule has 2 rings (SSSR count). The highest BCUT2D eigenvalue weighted by Crippen LogP contribution is 2.21. The molecule has 13 heavy (non-hydrogen) atoms. The molecule has 1 aliphatic heterocycles. The summed E-state index contributed by atoms with van der Waals surface area (Å²) in [6.45, 7) is 3.05. The molecule has 1 aromatic rings. The number of rotatable bonds is 5. The molecule has 0 radical (unpaired) electrons. The predicted molar refractivity (Wildman–Crippen MR) is 54.0 cm³/mol. The molecule has 0 bridgehead atoms. The summed E-state index contributed by atoms with van der Waals surface area (Å²) in [5.74, 6) is 4.24. The first-order valence-electron chi connectivity index (χ1n) is 4.65. The van der Waals surface area contributed by atoms with Crippen molar-refractivity contribution in [3.63, 3.8) is 0 Å². The summed E-state index contributed by atoms with van der Waals surface area (Å²) in [5, 5.41) is 0. The van der Waals surface area contributed by atoms with E-state index >= 15 is 0 Å². The van der Waals surface area contributed by atoms with Crippen LogP contribution in [0.3, 0.4) is 0 Å². The fourth-order valence-electron chi connectivity index (χ4n) is 1.15. The van der Waals surface area contributed by atoms with Crippen LogP contribution in [0.15, 0.2) is 16.5 Å². The maximum Gasteiger partial charge on any atom is 0.114 e. The zero-order valence-corrected chi connectivity index (χ0v) is 8.60. The molecular formula is C10H14O2S. The molecule has 0 aliphatic carbocycles. The Labute approximate surface area is 82.6 Å². The third-order valence-corrected chi connectivity index (χ3v) is 3.11. The van der Waals surface area contributed by atoms with Crippen molar-refractivity contribution in [3.05, 3.63) is 23.7 Å². The van der Waals surface area contributed by atoms with Crippen molar-refractivity contribution < 1.29 is 9.15 Å². The first-order chi connectivity index (χ1) is 6.38. The highest BCUT2D eigenvalue weighted by molar-refractivity contribution is 7.98. The second-order valence-electron chi connectivity index (χ2n) is 3.19. The smallest absolute Gasteiger partial charge is 0.114 e. The van der Waals surface area contributed by atoms with Gasteiger partial charge in [0.2, 0.25) is 0 Å². The van der Waals surface area contributed by atoms with Gasteiger partial charge in [0, 0.05) is 12.2 Å². The molecule has 0 amide bonds. The molecule has 1 aliphatic rings. The Bertz CT molecular complexity index is 266. The minimum absolute atomic E-state index is 0.519. The zero-order chi connectivity index (χ0) is 9.10. The Kier molecular flexibility index (Phi) is 2.96. The average Bonchev–Trinajstić information content (AvgIpc) is 2.84. The molecule has 1 aromatic heterocycles. The SMILES string of the molecule is CCc1ccc(CSC[C@@H]2CO2)o1. The molecule has 1 fully saturated rings. The lowest BCUT2D eigenvalue weighted by Gasteiger charge is -1.95. The van der Waals surface area contributed by atoms with Crippen LogP contribution in [0.4, 0.5) is 0 Å². The van der Waals surface area contributed by atoms with Crippen LogP contribution < -0.4 is 0 Å². The Morgan fingerprint density at radius 2 is 2.23 bits per heavy atom. The summed E-state index contributed by atoms with van der Waals surface area (Å²) in [7, 11) is 0. The lowest BCUT2D eigenvalue weighted by Crippen LogP contribution is -1.89. The Hall–Kier alpha value is -0.410. The van der Waals surface area contributed by atoms with Gasteiger partial charge < -0.3 is 9.15 Å². The van der Waals surface area contributed by atoms with Crippen molar-refractivity contribution >= 4 is 11.8 Å². The molecule has 1 atom stereocenters. The van der Waals surface area contributed by atoms with Gasteiger partial charge in [0.15, 0.2) is 0 Å². The summed E-state index contributed by atoms with van der Waals surface area (Å²) in [4.78, 5) is 0. The van der Waals surface area contributed by atoms with Crippen LogP contribution in [0, 0.1) is 0 Å². The number of hydrogen-bond acceptors (Lipinski definition) is 3. The molecule has 72 valence electrons. The van der Waals surface area contributed by atoms with Crippen LogP contribution in [-0.4, -0.2) is 18.5 Å². The van der Waals surface area contributed by atoms with Crippen LogP contribution in [0.2, 0.25) is 0 Å². The van der Waals surface area contributed by atoms with Gasteiger partial charge in [0.1, 0.15) is 11.5 Å².